The van der Waals surface area contributed by atoms with E-state index in [0.717, 1.165) is 11.3 Å². The number of morpholine rings is 1. The third-order valence-corrected chi connectivity index (χ3v) is 3.80. The second kappa shape index (κ2) is 6.64. The summed E-state index contributed by atoms with van der Waals surface area (Å²) in [6.45, 7) is 3.56. The van der Waals surface area contributed by atoms with Crippen molar-refractivity contribution in [3.05, 3.63) is 16.1 Å². The van der Waals surface area contributed by atoms with Gasteiger partial charge in [-0.2, -0.15) is 0 Å². The lowest BCUT2D eigenvalue weighted by Gasteiger charge is -2.29. The van der Waals surface area contributed by atoms with E-state index in [1.807, 2.05) is 0 Å². The number of nitrogens with zero attached hydrogens (tertiary/aromatic N) is 2. The van der Waals surface area contributed by atoms with Gasteiger partial charge < -0.3 is 20.1 Å². The van der Waals surface area contributed by atoms with Crippen molar-refractivity contribution in [1.29, 1.82) is 0 Å². The third-order valence-electron chi connectivity index (χ3n) is 2.96. The van der Waals surface area contributed by atoms with E-state index in [1.165, 1.54) is 5.38 Å². The molecular weight excluding hydrogens is 298 g/mol. The summed E-state index contributed by atoms with van der Waals surface area (Å²) in [5.41, 5.74) is -0.183. The number of hydrogen-bond donors (Lipinski definition) is 2. The second-order valence-corrected chi connectivity index (χ2v) is 5.33. The first-order valence-electron chi connectivity index (χ1n) is 6.35. The van der Waals surface area contributed by atoms with Crippen LogP contribution in [0, 0.1) is 0 Å². The van der Waals surface area contributed by atoms with Crippen molar-refractivity contribution >= 4 is 29.1 Å². The van der Waals surface area contributed by atoms with Gasteiger partial charge in [-0.1, -0.05) is 0 Å². The third kappa shape index (κ3) is 3.76. The molecule has 1 unspecified atom stereocenters. The smallest absolute Gasteiger partial charge is 0.355 e. The number of ether oxygens (including phenoxy) is 1. The maximum absolute atomic E-state index is 12.1. The Morgan fingerprint density at radius 1 is 1.43 bits per heavy atom. The van der Waals surface area contributed by atoms with Gasteiger partial charge in [0, 0.05) is 18.5 Å². The number of aromatic nitrogens is 1. The largest absolute Gasteiger partial charge is 0.476 e. The van der Waals surface area contributed by atoms with E-state index in [1.54, 1.807) is 11.8 Å². The lowest BCUT2D eigenvalue weighted by atomic mass is 10.2. The van der Waals surface area contributed by atoms with Gasteiger partial charge in [0.05, 0.1) is 13.2 Å². The van der Waals surface area contributed by atoms with E-state index in [9.17, 15) is 14.4 Å². The summed E-state index contributed by atoms with van der Waals surface area (Å²) in [6.07, 6.45) is 0. The summed E-state index contributed by atoms with van der Waals surface area (Å²) in [4.78, 5) is 40.1. The van der Waals surface area contributed by atoms with E-state index in [2.05, 4.69) is 10.3 Å². The molecule has 2 N–H and O–H groups in total. The molecule has 2 heterocycles. The molecule has 1 aromatic heterocycles. The number of carbonyl (C=O) groups excluding carboxylic acids is 2. The Morgan fingerprint density at radius 2 is 2.10 bits per heavy atom. The lowest BCUT2D eigenvalue weighted by molar-refractivity contribution is -0.136. The monoisotopic (exact) mass is 313 g/mol. The van der Waals surface area contributed by atoms with Crippen molar-refractivity contribution in [1.82, 2.24) is 15.2 Å². The summed E-state index contributed by atoms with van der Waals surface area (Å²) in [5, 5.41) is 12.6. The molecule has 1 atom stereocenters. The van der Waals surface area contributed by atoms with Gasteiger partial charge in [-0.3, -0.25) is 9.59 Å². The molecule has 1 aromatic rings. The number of aromatic carboxylic acids is 1. The summed E-state index contributed by atoms with van der Waals surface area (Å²) in [5.74, 6) is -1.94. The highest BCUT2D eigenvalue weighted by molar-refractivity contribution is 7.11. The number of carboxylic acid groups (broad SMARTS) is 1. The number of thiazole rings is 1. The molecule has 21 heavy (non-hydrogen) atoms. The SMILES string of the molecule is CC(NC(=O)c1nc(C(=O)O)cs1)C(=O)N1CCOCC1. The van der Waals surface area contributed by atoms with Crippen LogP contribution in [0.15, 0.2) is 5.38 Å². The Labute approximate surface area is 124 Å². The topological polar surface area (TPSA) is 109 Å². The summed E-state index contributed by atoms with van der Waals surface area (Å²) in [7, 11) is 0. The molecule has 0 radical (unpaired) electrons. The van der Waals surface area contributed by atoms with Gasteiger partial charge >= 0.3 is 5.97 Å². The Hall–Kier alpha value is -2.00. The van der Waals surface area contributed by atoms with Crippen LogP contribution >= 0.6 is 11.3 Å². The van der Waals surface area contributed by atoms with Gasteiger partial charge in [0.2, 0.25) is 5.91 Å². The van der Waals surface area contributed by atoms with Gasteiger partial charge in [0.15, 0.2) is 10.7 Å². The molecule has 1 aliphatic rings. The van der Waals surface area contributed by atoms with E-state index in [4.69, 9.17) is 9.84 Å². The molecule has 1 saturated heterocycles. The van der Waals surface area contributed by atoms with Crippen molar-refractivity contribution in [2.24, 2.45) is 0 Å². The molecule has 8 nitrogen and oxygen atoms in total. The van der Waals surface area contributed by atoms with Crippen LogP contribution in [0.3, 0.4) is 0 Å². The van der Waals surface area contributed by atoms with Crippen LogP contribution in [0.25, 0.3) is 0 Å². The molecule has 2 amide bonds. The Kier molecular flexibility index (Phi) is 4.86. The average molecular weight is 313 g/mol. The Morgan fingerprint density at radius 3 is 2.67 bits per heavy atom. The van der Waals surface area contributed by atoms with Crippen molar-refractivity contribution in [3.8, 4) is 0 Å². The Balaban J connectivity index is 1.94. The molecular formula is C12H15N3O5S. The lowest BCUT2D eigenvalue weighted by Crippen LogP contribution is -2.50. The van der Waals surface area contributed by atoms with Gasteiger partial charge in [0.1, 0.15) is 6.04 Å². The Bertz CT molecular complexity index is 553. The summed E-state index contributed by atoms with van der Waals surface area (Å²) >= 11 is 0.926. The predicted molar refractivity (Wildman–Crippen MR) is 73.4 cm³/mol. The molecule has 1 fully saturated rings. The van der Waals surface area contributed by atoms with Crippen LogP contribution < -0.4 is 5.32 Å². The fourth-order valence-corrected chi connectivity index (χ4v) is 2.55. The number of carboxylic acids is 1. The van der Waals surface area contributed by atoms with Gasteiger partial charge in [0.25, 0.3) is 5.91 Å². The first kappa shape index (κ1) is 15.4. The number of nitrogens with one attached hydrogen (secondary N) is 1. The molecule has 114 valence electrons. The zero-order valence-corrected chi connectivity index (χ0v) is 12.2. The summed E-state index contributed by atoms with van der Waals surface area (Å²) < 4.78 is 5.16. The van der Waals surface area contributed by atoms with Crippen molar-refractivity contribution in [2.45, 2.75) is 13.0 Å². The number of amides is 2. The average Bonchev–Trinajstić information content (AvgIpc) is 2.97. The van der Waals surface area contributed by atoms with E-state index < -0.39 is 17.9 Å². The summed E-state index contributed by atoms with van der Waals surface area (Å²) in [6, 6.07) is -0.701. The minimum absolute atomic E-state index is 0.0222. The van der Waals surface area contributed by atoms with Crippen molar-refractivity contribution < 1.29 is 24.2 Å². The molecule has 0 aliphatic carbocycles. The molecule has 0 bridgehead atoms. The molecule has 0 saturated carbocycles. The van der Waals surface area contributed by atoms with Crippen LogP contribution in [-0.4, -0.2) is 65.1 Å². The highest BCUT2D eigenvalue weighted by atomic mass is 32.1. The number of rotatable bonds is 4. The highest BCUT2D eigenvalue weighted by Gasteiger charge is 2.25. The minimum atomic E-state index is -1.19. The minimum Gasteiger partial charge on any atom is -0.476 e. The fraction of sp³-hybridized carbons (Fsp3) is 0.500. The first-order chi connectivity index (χ1) is 9.99. The van der Waals surface area contributed by atoms with E-state index in [-0.39, 0.29) is 16.6 Å². The predicted octanol–water partition coefficient (Wildman–Crippen LogP) is -0.182. The van der Waals surface area contributed by atoms with Crippen molar-refractivity contribution in [2.75, 3.05) is 26.3 Å². The number of carbonyl (C=O) groups is 3. The maximum atomic E-state index is 12.1. The van der Waals surface area contributed by atoms with Crippen LogP contribution in [0.4, 0.5) is 0 Å². The number of hydrogen-bond acceptors (Lipinski definition) is 6. The maximum Gasteiger partial charge on any atom is 0.355 e. The van der Waals surface area contributed by atoms with Crippen LogP contribution in [-0.2, 0) is 9.53 Å². The zero-order chi connectivity index (χ0) is 15.4. The van der Waals surface area contributed by atoms with Gasteiger partial charge in [-0.15, -0.1) is 11.3 Å². The van der Waals surface area contributed by atoms with Gasteiger partial charge in [-0.25, -0.2) is 9.78 Å². The van der Waals surface area contributed by atoms with Crippen LogP contribution in [0.1, 0.15) is 27.2 Å². The molecule has 0 spiro atoms. The van der Waals surface area contributed by atoms with Crippen LogP contribution in [0.2, 0.25) is 0 Å². The normalized spacial score (nSPS) is 16.3. The highest BCUT2D eigenvalue weighted by Crippen LogP contribution is 2.10. The van der Waals surface area contributed by atoms with Crippen LogP contribution in [0.5, 0.6) is 0 Å². The second-order valence-electron chi connectivity index (χ2n) is 4.48. The standard InChI is InChI=1S/C12H15N3O5S/c1-7(11(17)15-2-4-20-5-3-15)13-9(16)10-14-8(6-21-10)12(18)19/h6-7H,2-5H2,1H3,(H,13,16)(H,18,19). The van der Waals surface area contributed by atoms with Gasteiger partial charge in [-0.05, 0) is 6.92 Å². The first-order valence-corrected chi connectivity index (χ1v) is 7.23. The molecule has 2 rings (SSSR count). The molecule has 1 aliphatic heterocycles. The van der Waals surface area contributed by atoms with Crippen molar-refractivity contribution in [3.63, 3.8) is 0 Å². The molecule has 0 aromatic carbocycles. The zero-order valence-electron chi connectivity index (χ0n) is 11.4. The molecule has 9 heteroatoms. The fourth-order valence-electron chi connectivity index (χ4n) is 1.85. The van der Waals surface area contributed by atoms with E-state index in [0.29, 0.717) is 26.3 Å². The quantitative estimate of drug-likeness (QED) is 0.798. The van der Waals surface area contributed by atoms with E-state index >= 15 is 0 Å².